The van der Waals surface area contributed by atoms with Crippen LogP contribution < -0.4 is 0 Å². The fraction of sp³-hybridized carbons (Fsp3) is 0.125. The predicted octanol–water partition coefficient (Wildman–Crippen LogP) is 2.33. The van der Waals surface area contributed by atoms with Crippen LogP contribution in [0.4, 0.5) is 0 Å². The zero-order valence-electron chi connectivity index (χ0n) is 5.67. The molecule has 0 aliphatic rings. The van der Waals surface area contributed by atoms with Crippen molar-refractivity contribution in [1.82, 2.24) is 0 Å². The van der Waals surface area contributed by atoms with E-state index in [1.165, 1.54) is 0 Å². The highest BCUT2D eigenvalue weighted by Crippen LogP contribution is 1.91. The second kappa shape index (κ2) is 5.04. The van der Waals surface area contributed by atoms with Crippen LogP contribution in [0.15, 0.2) is 42.1 Å². The van der Waals surface area contributed by atoms with Crippen LogP contribution in [0.5, 0.6) is 0 Å². The van der Waals surface area contributed by atoms with E-state index in [1.807, 2.05) is 13.0 Å². The van der Waals surface area contributed by atoms with Crippen LogP contribution in [0.25, 0.3) is 0 Å². The van der Waals surface area contributed by atoms with Gasteiger partial charge in [0, 0.05) is 11.9 Å². The molecular weight excluding hydrogens is 110 g/mol. The summed E-state index contributed by atoms with van der Waals surface area (Å²) in [6.45, 7) is 8.93. The van der Waals surface area contributed by atoms with Crippen LogP contribution >= 0.6 is 0 Å². The van der Waals surface area contributed by atoms with E-state index in [0.717, 1.165) is 5.70 Å². The van der Waals surface area contributed by atoms with Crippen molar-refractivity contribution >= 4 is 6.21 Å². The molecule has 0 aliphatic carbocycles. The van der Waals surface area contributed by atoms with Crippen molar-refractivity contribution in [3.63, 3.8) is 0 Å². The largest absolute Gasteiger partial charge is 0.262 e. The van der Waals surface area contributed by atoms with Gasteiger partial charge in [-0.2, -0.15) is 0 Å². The van der Waals surface area contributed by atoms with Crippen molar-refractivity contribution in [3.05, 3.63) is 37.1 Å². The van der Waals surface area contributed by atoms with E-state index >= 15 is 0 Å². The summed E-state index contributed by atoms with van der Waals surface area (Å²) in [4.78, 5) is 3.98. The Hall–Kier alpha value is -1.11. The number of hydrogen-bond acceptors (Lipinski definition) is 1. The van der Waals surface area contributed by atoms with Crippen molar-refractivity contribution < 1.29 is 0 Å². The van der Waals surface area contributed by atoms with Crippen LogP contribution in [-0.4, -0.2) is 6.21 Å². The van der Waals surface area contributed by atoms with Gasteiger partial charge in [-0.05, 0) is 13.0 Å². The maximum atomic E-state index is 3.98. The minimum Gasteiger partial charge on any atom is -0.262 e. The number of hydrogen-bond donors (Lipinski definition) is 0. The molecule has 0 aromatic rings. The zero-order chi connectivity index (χ0) is 7.11. The van der Waals surface area contributed by atoms with Gasteiger partial charge in [-0.3, -0.25) is 4.99 Å². The summed E-state index contributed by atoms with van der Waals surface area (Å²) in [6, 6.07) is 0. The predicted molar refractivity (Wildman–Crippen MR) is 42.6 cm³/mol. The summed E-state index contributed by atoms with van der Waals surface area (Å²) >= 11 is 0. The van der Waals surface area contributed by atoms with Gasteiger partial charge in [0.25, 0.3) is 0 Å². The topological polar surface area (TPSA) is 12.4 Å². The van der Waals surface area contributed by atoms with Crippen molar-refractivity contribution in [1.29, 1.82) is 0 Å². The molecule has 0 amide bonds. The van der Waals surface area contributed by atoms with Gasteiger partial charge in [-0.25, -0.2) is 0 Å². The van der Waals surface area contributed by atoms with Crippen LogP contribution in [0.1, 0.15) is 6.92 Å². The van der Waals surface area contributed by atoms with Gasteiger partial charge in [-0.15, -0.1) is 0 Å². The van der Waals surface area contributed by atoms with Crippen LogP contribution in [0.2, 0.25) is 0 Å². The minimum absolute atomic E-state index is 0.935. The Morgan fingerprint density at radius 1 is 1.33 bits per heavy atom. The maximum absolute atomic E-state index is 3.98. The number of nitrogens with zero attached hydrogens (tertiary/aromatic N) is 1. The Bertz CT molecular complexity index is 152. The maximum Gasteiger partial charge on any atom is 0.0372 e. The van der Waals surface area contributed by atoms with Crippen LogP contribution in [-0.2, 0) is 0 Å². The molecule has 1 nitrogen and oxygen atoms in total. The van der Waals surface area contributed by atoms with E-state index in [1.54, 1.807) is 18.4 Å². The summed E-state index contributed by atoms with van der Waals surface area (Å²) < 4.78 is 0. The van der Waals surface area contributed by atoms with Gasteiger partial charge in [0.2, 0.25) is 0 Å². The molecule has 0 fully saturated rings. The van der Waals surface area contributed by atoms with E-state index in [2.05, 4.69) is 18.2 Å². The van der Waals surface area contributed by atoms with Gasteiger partial charge in [0.05, 0.1) is 0 Å². The summed E-state index contributed by atoms with van der Waals surface area (Å²) in [5.41, 5.74) is 0.935. The summed E-state index contributed by atoms with van der Waals surface area (Å²) in [7, 11) is 0. The molecular formula is C8H11N. The molecule has 0 bridgehead atoms. The first kappa shape index (κ1) is 7.89. The highest BCUT2D eigenvalue weighted by Gasteiger charge is 1.73. The van der Waals surface area contributed by atoms with E-state index in [4.69, 9.17) is 0 Å². The van der Waals surface area contributed by atoms with Gasteiger partial charge in [0.15, 0.2) is 0 Å². The third-order valence-electron chi connectivity index (χ3n) is 0.743. The molecule has 0 saturated heterocycles. The molecule has 0 atom stereocenters. The van der Waals surface area contributed by atoms with E-state index < -0.39 is 0 Å². The zero-order valence-corrected chi connectivity index (χ0v) is 5.67. The van der Waals surface area contributed by atoms with E-state index in [-0.39, 0.29) is 0 Å². The third kappa shape index (κ3) is 4.75. The Kier molecular flexibility index (Phi) is 4.41. The first-order chi connectivity index (χ1) is 4.31. The van der Waals surface area contributed by atoms with Crippen molar-refractivity contribution in [3.8, 4) is 0 Å². The fourth-order valence-electron chi connectivity index (χ4n) is 0.384. The molecule has 0 aromatic heterocycles. The third-order valence-corrected chi connectivity index (χ3v) is 0.743. The number of allylic oxidation sites excluding steroid dienone is 4. The second-order valence-corrected chi connectivity index (χ2v) is 1.56. The lowest BCUT2D eigenvalue weighted by atomic mass is 10.4. The SMILES string of the molecule is C=CC=N/C(C)=C\C=C. The van der Waals surface area contributed by atoms with Gasteiger partial charge in [0.1, 0.15) is 0 Å². The molecule has 0 heterocycles. The van der Waals surface area contributed by atoms with Crippen molar-refractivity contribution in [2.75, 3.05) is 0 Å². The summed E-state index contributed by atoms with van der Waals surface area (Å²) in [6.07, 6.45) is 6.82. The van der Waals surface area contributed by atoms with Crippen molar-refractivity contribution in [2.24, 2.45) is 4.99 Å². The Balaban J connectivity index is 3.88. The number of aliphatic imine (C=N–C) groups is 1. The van der Waals surface area contributed by atoms with E-state index in [0.29, 0.717) is 0 Å². The lowest BCUT2D eigenvalue weighted by molar-refractivity contribution is 1.32. The molecule has 0 aromatic carbocycles. The Morgan fingerprint density at radius 3 is 2.44 bits per heavy atom. The molecule has 0 N–H and O–H groups in total. The first-order valence-electron chi connectivity index (χ1n) is 2.75. The average molecular weight is 121 g/mol. The molecule has 0 radical (unpaired) electrons. The quantitative estimate of drug-likeness (QED) is 0.401. The molecule has 9 heavy (non-hydrogen) atoms. The average Bonchev–Trinajstić information content (AvgIpc) is 1.85. The highest BCUT2D eigenvalue weighted by atomic mass is 14.7. The molecule has 0 spiro atoms. The molecule has 48 valence electrons. The van der Waals surface area contributed by atoms with Crippen LogP contribution in [0, 0.1) is 0 Å². The number of rotatable bonds is 3. The fourth-order valence-corrected chi connectivity index (χ4v) is 0.384. The smallest absolute Gasteiger partial charge is 0.0372 e. The monoisotopic (exact) mass is 121 g/mol. The second-order valence-electron chi connectivity index (χ2n) is 1.56. The van der Waals surface area contributed by atoms with Gasteiger partial charge >= 0.3 is 0 Å². The molecule has 0 rings (SSSR count). The minimum atomic E-state index is 0.935. The lowest BCUT2D eigenvalue weighted by Crippen LogP contribution is -1.67. The molecule has 0 unspecified atom stereocenters. The van der Waals surface area contributed by atoms with Gasteiger partial charge < -0.3 is 0 Å². The Morgan fingerprint density at radius 2 is 2.00 bits per heavy atom. The molecule has 0 aliphatic heterocycles. The van der Waals surface area contributed by atoms with Crippen LogP contribution in [0.3, 0.4) is 0 Å². The van der Waals surface area contributed by atoms with Gasteiger partial charge in [-0.1, -0.05) is 25.3 Å². The van der Waals surface area contributed by atoms with Crippen molar-refractivity contribution in [2.45, 2.75) is 6.92 Å². The normalized spacial score (nSPS) is 11.9. The molecule has 0 saturated carbocycles. The standard InChI is InChI=1S/C8H11N/c1-4-6-8(3)9-7-5-2/h4-7H,1-2H2,3H3/b8-6-,9-7?. The lowest BCUT2D eigenvalue weighted by Gasteiger charge is -1.83. The first-order valence-corrected chi connectivity index (χ1v) is 2.75. The Labute approximate surface area is 56.1 Å². The highest BCUT2D eigenvalue weighted by molar-refractivity contribution is 5.71. The summed E-state index contributed by atoms with van der Waals surface area (Å²) in [5, 5.41) is 0. The molecule has 1 heteroatoms. The summed E-state index contributed by atoms with van der Waals surface area (Å²) in [5.74, 6) is 0. The van der Waals surface area contributed by atoms with E-state index in [9.17, 15) is 0 Å².